The van der Waals surface area contributed by atoms with Crippen LogP contribution in [0.25, 0.3) is 11.1 Å². The summed E-state index contributed by atoms with van der Waals surface area (Å²) in [6.07, 6.45) is 0.516. The molecule has 0 saturated heterocycles. The van der Waals surface area contributed by atoms with Crippen molar-refractivity contribution in [3.8, 4) is 22.6 Å². The largest absolute Gasteiger partial charge is 0.497 e. The van der Waals surface area contributed by atoms with Gasteiger partial charge in [0, 0.05) is 17.5 Å². The SMILES string of the molecule is CCC(=O)c1ccc(-c2cc(OC)ccc2OC)cc1. The Morgan fingerprint density at radius 2 is 1.70 bits per heavy atom. The highest BCUT2D eigenvalue weighted by atomic mass is 16.5. The van der Waals surface area contributed by atoms with Crippen molar-refractivity contribution in [3.05, 3.63) is 48.0 Å². The number of benzene rings is 2. The van der Waals surface area contributed by atoms with E-state index in [1.165, 1.54) is 0 Å². The Bertz CT molecular complexity index is 600. The van der Waals surface area contributed by atoms with E-state index in [4.69, 9.17) is 9.47 Å². The van der Waals surface area contributed by atoms with E-state index >= 15 is 0 Å². The number of hydrogen-bond donors (Lipinski definition) is 0. The van der Waals surface area contributed by atoms with Gasteiger partial charge in [-0.1, -0.05) is 31.2 Å². The minimum absolute atomic E-state index is 0.147. The number of ether oxygens (including phenoxy) is 2. The molecule has 0 aliphatic heterocycles. The fourth-order valence-corrected chi connectivity index (χ4v) is 2.08. The third-order valence-corrected chi connectivity index (χ3v) is 3.25. The first-order valence-electron chi connectivity index (χ1n) is 6.55. The normalized spacial score (nSPS) is 10.2. The van der Waals surface area contributed by atoms with Crippen LogP contribution in [0.5, 0.6) is 11.5 Å². The van der Waals surface area contributed by atoms with E-state index in [9.17, 15) is 4.79 Å². The fraction of sp³-hybridized carbons (Fsp3) is 0.235. The predicted molar refractivity (Wildman–Crippen MR) is 79.6 cm³/mol. The Morgan fingerprint density at radius 1 is 1.00 bits per heavy atom. The average Bonchev–Trinajstić information content (AvgIpc) is 2.53. The summed E-state index contributed by atoms with van der Waals surface area (Å²) in [4.78, 5) is 11.6. The molecule has 0 radical (unpaired) electrons. The highest BCUT2D eigenvalue weighted by molar-refractivity contribution is 5.96. The van der Waals surface area contributed by atoms with Crippen LogP contribution in [-0.4, -0.2) is 20.0 Å². The Labute approximate surface area is 119 Å². The summed E-state index contributed by atoms with van der Waals surface area (Å²) in [5, 5.41) is 0. The van der Waals surface area contributed by atoms with Crippen LogP contribution < -0.4 is 9.47 Å². The van der Waals surface area contributed by atoms with Crippen molar-refractivity contribution in [2.45, 2.75) is 13.3 Å². The monoisotopic (exact) mass is 270 g/mol. The van der Waals surface area contributed by atoms with Gasteiger partial charge in [-0.2, -0.15) is 0 Å². The van der Waals surface area contributed by atoms with Gasteiger partial charge in [0.1, 0.15) is 11.5 Å². The average molecular weight is 270 g/mol. The molecule has 0 aromatic heterocycles. The van der Waals surface area contributed by atoms with Crippen molar-refractivity contribution in [1.82, 2.24) is 0 Å². The molecule has 0 N–H and O–H groups in total. The zero-order valence-corrected chi connectivity index (χ0v) is 12.0. The lowest BCUT2D eigenvalue weighted by Crippen LogP contribution is -1.96. The maximum absolute atomic E-state index is 11.6. The molecule has 0 spiro atoms. The van der Waals surface area contributed by atoms with Gasteiger partial charge in [0.2, 0.25) is 0 Å². The summed E-state index contributed by atoms with van der Waals surface area (Å²) < 4.78 is 10.6. The van der Waals surface area contributed by atoms with Gasteiger partial charge < -0.3 is 9.47 Å². The number of carbonyl (C=O) groups is 1. The van der Waals surface area contributed by atoms with Crippen molar-refractivity contribution in [3.63, 3.8) is 0 Å². The van der Waals surface area contributed by atoms with E-state index in [1.54, 1.807) is 14.2 Å². The van der Waals surface area contributed by atoms with E-state index in [2.05, 4.69) is 0 Å². The van der Waals surface area contributed by atoms with Gasteiger partial charge in [-0.3, -0.25) is 4.79 Å². The molecule has 0 saturated carbocycles. The molecule has 2 aromatic carbocycles. The van der Waals surface area contributed by atoms with Gasteiger partial charge in [0.15, 0.2) is 5.78 Å². The van der Waals surface area contributed by atoms with Gasteiger partial charge in [-0.15, -0.1) is 0 Å². The van der Waals surface area contributed by atoms with Gasteiger partial charge in [-0.05, 0) is 23.8 Å². The van der Waals surface area contributed by atoms with Crippen LogP contribution in [-0.2, 0) is 0 Å². The van der Waals surface area contributed by atoms with Crippen LogP contribution in [0.4, 0.5) is 0 Å². The van der Waals surface area contributed by atoms with Crippen LogP contribution in [0.2, 0.25) is 0 Å². The first kappa shape index (κ1) is 14.1. The van der Waals surface area contributed by atoms with Gasteiger partial charge >= 0.3 is 0 Å². The molecule has 3 nitrogen and oxygen atoms in total. The Balaban J connectivity index is 2.42. The van der Waals surface area contributed by atoms with Crippen LogP contribution >= 0.6 is 0 Å². The molecule has 3 heteroatoms. The molecule has 0 fully saturated rings. The Hall–Kier alpha value is -2.29. The van der Waals surface area contributed by atoms with Crippen LogP contribution in [0.15, 0.2) is 42.5 Å². The molecule has 0 aliphatic rings. The molecular weight excluding hydrogens is 252 g/mol. The molecule has 0 unspecified atom stereocenters. The second-order valence-corrected chi connectivity index (χ2v) is 4.42. The van der Waals surface area contributed by atoms with Crippen molar-refractivity contribution < 1.29 is 14.3 Å². The lowest BCUT2D eigenvalue weighted by Gasteiger charge is -2.11. The summed E-state index contributed by atoms with van der Waals surface area (Å²) in [5.74, 6) is 1.70. The molecule has 2 rings (SSSR count). The summed E-state index contributed by atoms with van der Waals surface area (Å²) in [5.41, 5.74) is 2.67. The van der Waals surface area contributed by atoms with Crippen molar-refractivity contribution in [2.75, 3.05) is 14.2 Å². The van der Waals surface area contributed by atoms with E-state index in [1.807, 2.05) is 49.4 Å². The molecule has 20 heavy (non-hydrogen) atoms. The van der Waals surface area contributed by atoms with Gasteiger partial charge in [-0.25, -0.2) is 0 Å². The van der Waals surface area contributed by atoms with E-state index in [0.29, 0.717) is 6.42 Å². The van der Waals surface area contributed by atoms with Crippen LogP contribution in [0, 0.1) is 0 Å². The maximum atomic E-state index is 11.6. The molecule has 0 aliphatic carbocycles. The molecule has 0 atom stereocenters. The van der Waals surface area contributed by atoms with Gasteiger partial charge in [0.25, 0.3) is 0 Å². The standard InChI is InChI=1S/C17H18O3/c1-4-16(18)13-7-5-12(6-8-13)15-11-14(19-2)9-10-17(15)20-3/h5-11H,4H2,1-3H3. The smallest absolute Gasteiger partial charge is 0.162 e. The number of Topliss-reactive ketones (excluding diaryl/α,β-unsaturated/α-hetero) is 1. The summed E-state index contributed by atoms with van der Waals surface area (Å²) in [6, 6.07) is 13.2. The van der Waals surface area contributed by atoms with E-state index in [-0.39, 0.29) is 5.78 Å². The molecule has 0 amide bonds. The number of ketones is 1. The lowest BCUT2D eigenvalue weighted by molar-refractivity contribution is 0.0988. The first-order valence-corrected chi connectivity index (χ1v) is 6.55. The summed E-state index contributed by atoms with van der Waals surface area (Å²) in [7, 11) is 3.27. The van der Waals surface area contributed by atoms with Crippen LogP contribution in [0.3, 0.4) is 0 Å². The third kappa shape index (κ3) is 2.82. The number of carbonyl (C=O) groups excluding carboxylic acids is 1. The van der Waals surface area contributed by atoms with Crippen molar-refractivity contribution >= 4 is 5.78 Å². The highest BCUT2D eigenvalue weighted by Gasteiger charge is 2.09. The lowest BCUT2D eigenvalue weighted by atomic mass is 10.0. The number of hydrogen-bond acceptors (Lipinski definition) is 3. The minimum Gasteiger partial charge on any atom is -0.497 e. The fourth-order valence-electron chi connectivity index (χ4n) is 2.08. The molecule has 104 valence electrons. The zero-order valence-electron chi connectivity index (χ0n) is 12.0. The first-order chi connectivity index (χ1) is 9.69. The number of rotatable bonds is 5. The summed E-state index contributed by atoms with van der Waals surface area (Å²) >= 11 is 0. The highest BCUT2D eigenvalue weighted by Crippen LogP contribution is 2.33. The van der Waals surface area contributed by atoms with E-state index < -0.39 is 0 Å². The second-order valence-electron chi connectivity index (χ2n) is 4.42. The van der Waals surface area contributed by atoms with Crippen molar-refractivity contribution in [2.24, 2.45) is 0 Å². The van der Waals surface area contributed by atoms with Gasteiger partial charge in [0.05, 0.1) is 14.2 Å². The van der Waals surface area contributed by atoms with E-state index in [0.717, 1.165) is 28.2 Å². The topological polar surface area (TPSA) is 35.5 Å². The molecule has 2 aromatic rings. The zero-order chi connectivity index (χ0) is 14.5. The van der Waals surface area contributed by atoms with Crippen molar-refractivity contribution in [1.29, 1.82) is 0 Å². The van der Waals surface area contributed by atoms with Crippen LogP contribution in [0.1, 0.15) is 23.7 Å². The Morgan fingerprint density at radius 3 is 2.25 bits per heavy atom. The quantitative estimate of drug-likeness (QED) is 0.771. The Kier molecular flexibility index (Phi) is 4.41. The minimum atomic E-state index is 0.147. The third-order valence-electron chi connectivity index (χ3n) is 3.25. The molecular formula is C17H18O3. The number of methoxy groups -OCH3 is 2. The molecule has 0 bridgehead atoms. The second kappa shape index (κ2) is 6.24. The molecule has 0 heterocycles. The summed E-state index contributed by atoms with van der Waals surface area (Å²) in [6.45, 7) is 1.86. The predicted octanol–water partition coefficient (Wildman–Crippen LogP) is 3.96. The maximum Gasteiger partial charge on any atom is 0.162 e.